The first kappa shape index (κ1) is 14.9. The molecule has 2 atom stereocenters. The summed E-state index contributed by atoms with van der Waals surface area (Å²) < 4.78 is 5.39. The summed E-state index contributed by atoms with van der Waals surface area (Å²) in [6, 6.07) is 3.65. The largest absolute Gasteiger partial charge is 0.394 e. The topological polar surface area (TPSA) is 106 Å². The molecule has 1 aliphatic rings. The van der Waals surface area contributed by atoms with Crippen LogP contribution in [0.1, 0.15) is 19.8 Å². The van der Waals surface area contributed by atoms with E-state index in [1.807, 2.05) is 19.1 Å². The Balaban J connectivity index is 1.80. The van der Waals surface area contributed by atoms with Gasteiger partial charge in [0.15, 0.2) is 5.82 Å². The summed E-state index contributed by atoms with van der Waals surface area (Å²) in [7, 11) is 0. The summed E-state index contributed by atoms with van der Waals surface area (Å²) in [5, 5.41) is 13.1. The highest BCUT2D eigenvalue weighted by Gasteiger charge is 2.53. The Hall–Kier alpha value is -1.99. The number of pyridine rings is 1. The maximum Gasteiger partial charge on any atom is 0.222 e. The maximum atomic E-state index is 9.79. The zero-order valence-electron chi connectivity index (χ0n) is 12.6. The smallest absolute Gasteiger partial charge is 0.222 e. The zero-order valence-corrected chi connectivity index (χ0v) is 12.6. The van der Waals surface area contributed by atoms with Gasteiger partial charge in [-0.2, -0.15) is 4.98 Å². The average Bonchev–Trinajstić information content (AvgIpc) is 3.21. The molecule has 0 radical (unpaired) electrons. The van der Waals surface area contributed by atoms with Crippen LogP contribution in [0.2, 0.25) is 0 Å². The monoisotopic (exact) mass is 303 g/mol. The molecule has 7 heteroatoms. The van der Waals surface area contributed by atoms with Crippen molar-refractivity contribution in [3.05, 3.63) is 18.3 Å². The number of nitrogens with zero attached hydrogens (tertiary/aromatic N) is 3. The summed E-state index contributed by atoms with van der Waals surface area (Å²) in [6.45, 7) is 3.44. The van der Waals surface area contributed by atoms with Gasteiger partial charge in [-0.3, -0.25) is 4.98 Å². The number of aliphatic hydroxyl groups is 1. The standard InChI is InChI=1S/C15H21N5O2/c1-2-22-7-5-10-8-15(10,9-21)20-13-12-11(4-3-6-17-12)18-14(16)19-13/h3-4,6,10,21H,2,5,7-9H2,1H3,(H3,16,18,19,20)/t10-,15+/m1/s1. The highest BCUT2D eigenvalue weighted by Crippen LogP contribution is 2.48. The van der Waals surface area contributed by atoms with E-state index in [-0.39, 0.29) is 18.1 Å². The number of nitrogen functional groups attached to an aromatic ring is 1. The van der Waals surface area contributed by atoms with E-state index in [0.29, 0.717) is 36.0 Å². The molecular weight excluding hydrogens is 282 g/mol. The Morgan fingerprint density at radius 1 is 1.50 bits per heavy atom. The van der Waals surface area contributed by atoms with E-state index in [9.17, 15) is 5.11 Å². The van der Waals surface area contributed by atoms with Crippen molar-refractivity contribution in [2.75, 3.05) is 30.9 Å². The number of ether oxygens (including phenoxy) is 1. The molecule has 0 spiro atoms. The van der Waals surface area contributed by atoms with E-state index in [1.54, 1.807) is 6.20 Å². The normalized spacial score (nSPS) is 23.6. The highest BCUT2D eigenvalue weighted by atomic mass is 16.5. The Kier molecular flexibility index (Phi) is 4.08. The van der Waals surface area contributed by atoms with E-state index >= 15 is 0 Å². The van der Waals surface area contributed by atoms with Crippen molar-refractivity contribution in [3.8, 4) is 0 Å². The molecule has 3 rings (SSSR count). The molecule has 1 fully saturated rings. The van der Waals surface area contributed by atoms with Gasteiger partial charge in [0, 0.05) is 19.4 Å². The third-order valence-electron chi connectivity index (χ3n) is 4.17. The molecule has 1 saturated carbocycles. The molecule has 0 saturated heterocycles. The summed E-state index contributed by atoms with van der Waals surface area (Å²) >= 11 is 0. The summed E-state index contributed by atoms with van der Waals surface area (Å²) in [6.07, 6.45) is 3.49. The first-order valence-electron chi connectivity index (χ1n) is 7.53. The second kappa shape index (κ2) is 6.02. The fraction of sp³-hybridized carbons (Fsp3) is 0.533. The van der Waals surface area contributed by atoms with Crippen molar-refractivity contribution in [1.82, 2.24) is 15.0 Å². The Bertz CT molecular complexity index is 665. The summed E-state index contributed by atoms with van der Waals surface area (Å²) in [4.78, 5) is 12.7. The molecule has 1 aliphatic carbocycles. The van der Waals surface area contributed by atoms with Crippen LogP contribution in [-0.4, -0.2) is 45.4 Å². The number of rotatable bonds is 7. The van der Waals surface area contributed by atoms with Crippen LogP contribution in [0.3, 0.4) is 0 Å². The second-order valence-corrected chi connectivity index (χ2v) is 5.63. The summed E-state index contributed by atoms with van der Waals surface area (Å²) in [5.41, 5.74) is 6.77. The van der Waals surface area contributed by atoms with Crippen molar-refractivity contribution < 1.29 is 9.84 Å². The zero-order chi connectivity index (χ0) is 15.6. The van der Waals surface area contributed by atoms with Crippen molar-refractivity contribution >= 4 is 22.8 Å². The molecule has 4 N–H and O–H groups in total. The third-order valence-corrected chi connectivity index (χ3v) is 4.17. The van der Waals surface area contributed by atoms with Gasteiger partial charge >= 0.3 is 0 Å². The van der Waals surface area contributed by atoms with Crippen LogP contribution in [-0.2, 0) is 4.74 Å². The first-order chi connectivity index (χ1) is 10.7. The number of aliphatic hydroxyl groups excluding tert-OH is 1. The van der Waals surface area contributed by atoms with E-state index in [2.05, 4.69) is 20.3 Å². The number of aromatic nitrogens is 3. The van der Waals surface area contributed by atoms with Gasteiger partial charge < -0.3 is 20.9 Å². The lowest BCUT2D eigenvalue weighted by molar-refractivity contribution is 0.137. The molecule has 2 aromatic rings. The van der Waals surface area contributed by atoms with Gasteiger partial charge in [-0.1, -0.05) is 0 Å². The SMILES string of the molecule is CCOCC[C@@H]1C[C@@]1(CO)Nc1nc(N)nc2cccnc12. The van der Waals surface area contributed by atoms with Gasteiger partial charge in [-0.25, -0.2) is 4.98 Å². The molecule has 2 heterocycles. The van der Waals surface area contributed by atoms with Crippen molar-refractivity contribution in [2.24, 2.45) is 5.92 Å². The Labute approximate surface area is 128 Å². The van der Waals surface area contributed by atoms with Gasteiger partial charge in [0.1, 0.15) is 5.52 Å². The predicted octanol–water partition coefficient (Wildman–Crippen LogP) is 1.20. The predicted molar refractivity (Wildman–Crippen MR) is 84.4 cm³/mol. The molecule has 118 valence electrons. The minimum atomic E-state index is -0.359. The van der Waals surface area contributed by atoms with E-state index in [1.165, 1.54) is 0 Å². The number of nitrogens with one attached hydrogen (secondary N) is 1. The first-order valence-corrected chi connectivity index (χ1v) is 7.53. The Morgan fingerprint density at radius 3 is 3.14 bits per heavy atom. The third kappa shape index (κ3) is 2.82. The van der Waals surface area contributed by atoms with Crippen LogP contribution in [0.4, 0.5) is 11.8 Å². The minimum Gasteiger partial charge on any atom is -0.394 e. The van der Waals surface area contributed by atoms with Crippen LogP contribution < -0.4 is 11.1 Å². The number of anilines is 2. The van der Waals surface area contributed by atoms with Gasteiger partial charge in [-0.05, 0) is 37.8 Å². The van der Waals surface area contributed by atoms with Crippen LogP contribution in [0.15, 0.2) is 18.3 Å². The van der Waals surface area contributed by atoms with Crippen LogP contribution in [0.25, 0.3) is 11.0 Å². The molecule has 7 nitrogen and oxygen atoms in total. The van der Waals surface area contributed by atoms with E-state index < -0.39 is 0 Å². The fourth-order valence-electron chi connectivity index (χ4n) is 2.82. The average molecular weight is 303 g/mol. The molecule has 0 bridgehead atoms. The van der Waals surface area contributed by atoms with Crippen LogP contribution in [0.5, 0.6) is 0 Å². The second-order valence-electron chi connectivity index (χ2n) is 5.63. The number of hydrogen-bond acceptors (Lipinski definition) is 7. The quantitative estimate of drug-likeness (QED) is 0.660. The van der Waals surface area contributed by atoms with E-state index in [0.717, 1.165) is 12.8 Å². The Morgan fingerprint density at radius 2 is 2.36 bits per heavy atom. The van der Waals surface area contributed by atoms with Crippen molar-refractivity contribution in [3.63, 3.8) is 0 Å². The van der Waals surface area contributed by atoms with Crippen molar-refractivity contribution in [2.45, 2.75) is 25.3 Å². The number of hydrogen-bond donors (Lipinski definition) is 3. The van der Waals surface area contributed by atoms with E-state index in [4.69, 9.17) is 10.5 Å². The van der Waals surface area contributed by atoms with Crippen molar-refractivity contribution in [1.29, 1.82) is 0 Å². The van der Waals surface area contributed by atoms with Crippen LogP contribution >= 0.6 is 0 Å². The summed E-state index contributed by atoms with van der Waals surface area (Å²) in [5.74, 6) is 1.14. The maximum absolute atomic E-state index is 9.79. The molecule has 22 heavy (non-hydrogen) atoms. The lowest BCUT2D eigenvalue weighted by atomic mass is 10.1. The van der Waals surface area contributed by atoms with Gasteiger partial charge in [0.25, 0.3) is 0 Å². The molecule has 0 aromatic carbocycles. The van der Waals surface area contributed by atoms with Gasteiger partial charge in [-0.15, -0.1) is 0 Å². The highest BCUT2D eigenvalue weighted by molar-refractivity contribution is 5.86. The van der Waals surface area contributed by atoms with Gasteiger partial charge in [0.2, 0.25) is 5.95 Å². The number of fused-ring (bicyclic) bond motifs is 1. The lowest BCUT2D eigenvalue weighted by Crippen LogP contribution is -2.30. The minimum absolute atomic E-state index is 0.0437. The molecule has 0 aliphatic heterocycles. The molecular formula is C15H21N5O2. The fourth-order valence-corrected chi connectivity index (χ4v) is 2.82. The van der Waals surface area contributed by atoms with Gasteiger partial charge in [0.05, 0.1) is 17.7 Å². The lowest BCUT2D eigenvalue weighted by Gasteiger charge is -2.18. The molecule has 0 amide bonds. The number of nitrogens with two attached hydrogens (primary N) is 1. The van der Waals surface area contributed by atoms with Crippen LogP contribution in [0, 0.1) is 5.92 Å². The molecule has 2 aromatic heterocycles. The molecule has 0 unspecified atom stereocenters.